The maximum Gasteiger partial charge on any atom is 0.259 e. The number of hydrogen-bond acceptors (Lipinski definition) is 8. The van der Waals surface area contributed by atoms with Gasteiger partial charge in [-0.25, -0.2) is 0 Å². The molecule has 2 aliphatic heterocycles. The van der Waals surface area contributed by atoms with Crippen LogP contribution in [0.2, 0.25) is 0 Å². The maximum absolute atomic E-state index is 14.2. The van der Waals surface area contributed by atoms with E-state index in [1.54, 1.807) is 12.1 Å². The molecule has 9 rings (SSSR count). The Hall–Kier alpha value is -8.80. The fourth-order valence-corrected chi connectivity index (χ4v) is 9.51. The topological polar surface area (TPSA) is 84.0 Å². The van der Waals surface area contributed by atoms with Crippen molar-refractivity contribution >= 4 is 23.0 Å². The Morgan fingerprint density at radius 2 is 0.886 bits per heavy atom. The highest BCUT2D eigenvalue weighted by atomic mass is 16.5. The Morgan fingerprint density at radius 1 is 0.494 bits per heavy atom. The fraction of sp³-hybridized carbons (Fsp3) is 0.246. The van der Waals surface area contributed by atoms with Gasteiger partial charge in [-0.3, -0.25) is 14.5 Å². The van der Waals surface area contributed by atoms with E-state index >= 15 is 0 Å². The molecule has 10 nitrogen and oxygen atoms in total. The van der Waals surface area contributed by atoms with E-state index in [-0.39, 0.29) is 31.5 Å². The summed E-state index contributed by atoms with van der Waals surface area (Å²) >= 11 is 0. The third-order valence-corrected chi connectivity index (χ3v) is 13.9. The smallest absolute Gasteiger partial charge is 0.259 e. The first-order valence-corrected chi connectivity index (χ1v) is 26.9. The molecule has 10 heteroatoms. The molecule has 2 aliphatic rings. The van der Waals surface area contributed by atoms with E-state index < -0.39 is 0 Å². The van der Waals surface area contributed by atoms with Gasteiger partial charge in [-0.15, -0.1) is 12.8 Å². The summed E-state index contributed by atoms with van der Waals surface area (Å²) in [6.07, 6.45) is 10.9. The zero-order chi connectivity index (χ0) is 55.5. The minimum Gasteiger partial charge on any atom is -0.488 e. The average Bonchev–Trinajstić information content (AvgIpc) is 4.06. The number of terminal acetylenes is 2. The van der Waals surface area contributed by atoms with E-state index in [2.05, 4.69) is 59.9 Å². The van der Waals surface area contributed by atoms with Crippen LogP contribution < -0.4 is 18.9 Å². The number of rotatable bonds is 21. The number of piperazine rings is 1. The van der Waals surface area contributed by atoms with Crippen molar-refractivity contribution < 1.29 is 28.5 Å². The number of carbonyl (C=O) groups is 2. The van der Waals surface area contributed by atoms with E-state index in [1.807, 2.05) is 152 Å². The molecule has 0 N–H and O–H groups in total. The van der Waals surface area contributed by atoms with Crippen molar-refractivity contribution in [2.24, 2.45) is 0 Å². The van der Waals surface area contributed by atoms with Crippen LogP contribution in [0.3, 0.4) is 0 Å². The lowest BCUT2D eigenvalue weighted by molar-refractivity contribution is 0.0745. The lowest BCUT2D eigenvalue weighted by atomic mass is 10.0. The number of hydrogen-bond donors (Lipinski definition) is 0. The van der Waals surface area contributed by atoms with Gasteiger partial charge in [0.1, 0.15) is 49.4 Å². The molecule has 2 amide bonds. The third kappa shape index (κ3) is 15.5. The molecule has 0 unspecified atom stereocenters. The number of allylic oxidation sites excluding steroid dienone is 2. The van der Waals surface area contributed by atoms with Crippen LogP contribution in [0.1, 0.15) is 91.6 Å². The summed E-state index contributed by atoms with van der Waals surface area (Å²) in [7, 11) is 0. The molecule has 0 bridgehead atoms. The van der Waals surface area contributed by atoms with Crippen LogP contribution in [0, 0.1) is 24.7 Å². The van der Waals surface area contributed by atoms with E-state index in [1.165, 1.54) is 21.6 Å². The van der Waals surface area contributed by atoms with Gasteiger partial charge in [0.15, 0.2) is 0 Å². The SMILES string of the molecule is C#CCN(CC#C)C(=O)c1cc(C(=C)C)c(OCc2ccccc2)cc1OCc1ccccc1.C=C(C)c1cc(C(=O)N2Cc3ccc(CN4CCN(CC)CC4)cc3C2)c(OCc2ccccc2)cc1OCc1ccccc1. The predicted octanol–water partition coefficient (Wildman–Crippen LogP) is 12.8. The summed E-state index contributed by atoms with van der Waals surface area (Å²) in [5.74, 6) is 6.76. The zero-order valence-electron chi connectivity index (χ0n) is 45.8. The van der Waals surface area contributed by atoms with Gasteiger partial charge in [-0.2, -0.15) is 0 Å². The monoisotopic (exact) mass is 1050 g/mol. The van der Waals surface area contributed by atoms with Gasteiger partial charge in [0.25, 0.3) is 11.8 Å². The van der Waals surface area contributed by atoms with Gasteiger partial charge >= 0.3 is 0 Å². The molecule has 0 atom stereocenters. The van der Waals surface area contributed by atoms with Gasteiger partial charge in [0.2, 0.25) is 0 Å². The molecular formula is C69H70N4O6. The highest BCUT2D eigenvalue weighted by molar-refractivity contribution is 5.99. The van der Waals surface area contributed by atoms with Gasteiger partial charge < -0.3 is 33.6 Å². The first kappa shape index (κ1) is 56.4. The van der Waals surface area contributed by atoms with Crippen molar-refractivity contribution in [3.63, 3.8) is 0 Å². The highest BCUT2D eigenvalue weighted by Gasteiger charge is 2.29. The highest BCUT2D eigenvalue weighted by Crippen LogP contribution is 2.38. The van der Waals surface area contributed by atoms with Gasteiger partial charge in [0.05, 0.1) is 24.2 Å². The number of benzene rings is 7. The largest absolute Gasteiger partial charge is 0.488 e. The van der Waals surface area contributed by atoms with Crippen LogP contribution in [-0.2, 0) is 46.1 Å². The molecule has 2 heterocycles. The van der Waals surface area contributed by atoms with Crippen LogP contribution in [0.15, 0.2) is 177 Å². The summed E-state index contributed by atoms with van der Waals surface area (Å²) in [6, 6.07) is 53.6. The van der Waals surface area contributed by atoms with Crippen molar-refractivity contribution in [3.05, 3.63) is 238 Å². The molecule has 1 fully saturated rings. The summed E-state index contributed by atoms with van der Waals surface area (Å²) in [6.45, 7) is 23.6. The molecule has 7 aromatic carbocycles. The normalized spacial score (nSPS) is 12.9. The second-order valence-electron chi connectivity index (χ2n) is 19.9. The molecule has 0 spiro atoms. The van der Waals surface area contributed by atoms with Crippen LogP contribution in [0.5, 0.6) is 23.0 Å². The van der Waals surface area contributed by atoms with Crippen LogP contribution in [0.25, 0.3) is 11.1 Å². The average molecular weight is 1050 g/mol. The Bertz CT molecular complexity index is 3270. The van der Waals surface area contributed by atoms with E-state index in [9.17, 15) is 9.59 Å². The minimum atomic E-state index is -0.309. The quantitative estimate of drug-likeness (QED) is 0.0658. The standard InChI is InChI=1S/C39H43N3O3.C30H27NO3/c1-4-40-17-19-41(20-18-40)24-32-15-16-33-25-42(26-34(33)21-32)39(43)36-22-35(29(2)3)37(44-27-30-11-7-5-8-12-30)23-38(36)45-28-31-13-9-6-10-14-31;1-5-17-31(18-6-2)30(32)27-19-26(23(3)4)28(33-21-24-13-9-7-10-14-24)20-29(27)34-22-25-15-11-8-12-16-25/h5-16,21-23H,2,4,17-20,24-28H2,1,3H3;1-2,7-16,19-20H,3,17-18,21-22H2,4H3. The van der Waals surface area contributed by atoms with Crippen molar-refractivity contribution in [2.45, 2.75) is 66.8 Å². The number of ether oxygens (including phenoxy) is 4. The van der Waals surface area contributed by atoms with E-state index in [0.29, 0.717) is 72.6 Å². The number of fused-ring (bicyclic) bond motifs is 1. The number of likely N-dealkylation sites (N-methyl/N-ethyl adjacent to an activating group) is 1. The number of nitrogens with zero attached hydrogens (tertiary/aromatic N) is 4. The van der Waals surface area contributed by atoms with Crippen molar-refractivity contribution in [1.82, 2.24) is 19.6 Å². The molecule has 79 heavy (non-hydrogen) atoms. The Labute approximate surface area is 467 Å². The van der Waals surface area contributed by atoms with Gasteiger partial charge in [-0.1, -0.05) is 171 Å². The lowest BCUT2D eigenvalue weighted by Gasteiger charge is -2.34. The molecule has 0 aromatic heterocycles. The van der Waals surface area contributed by atoms with Crippen molar-refractivity contribution in [1.29, 1.82) is 0 Å². The molecule has 402 valence electrons. The second-order valence-corrected chi connectivity index (χ2v) is 19.9. The number of amides is 2. The zero-order valence-corrected chi connectivity index (χ0v) is 45.8. The summed E-state index contributed by atoms with van der Waals surface area (Å²) in [5.41, 5.74) is 11.8. The molecule has 0 aliphatic carbocycles. The maximum atomic E-state index is 14.2. The lowest BCUT2D eigenvalue weighted by Crippen LogP contribution is -2.45. The van der Waals surface area contributed by atoms with Crippen molar-refractivity contribution in [2.75, 3.05) is 45.8 Å². The predicted molar refractivity (Wildman–Crippen MR) is 316 cm³/mol. The summed E-state index contributed by atoms with van der Waals surface area (Å²) in [5, 5.41) is 0. The summed E-state index contributed by atoms with van der Waals surface area (Å²) in [4.78, 5) is 36.0. The van der Waals surface area contributed by atoms with Gasteiger partial charge in [0, 0.05) is 69.1 Å². The fourth-order valence-electron chi connectivity index (χ4n) is 9.51. The molecule has 1 saturated heterocycles. The van der Waals surface area contributed by atoms with Crippen molar-refractivity contribution in [3.8, 4) is 47.7 Å². The molecule has 7 aromatic rings. The second kappa shape index (κ2) is 28.0. The first-order valence-electron chi connectivity index (χ1n) is 26.9. The van der Waals surface area contributed by atoms with E-state index in [4.69, 9.17) is 31.8 Å². The Balaban J connectivity index is 0.000000217. The van der Waals surface area contributed by atoms with Crippen LogP contribution in [-0.4, -0.2) is 77.2 Å². The van der Waals surface area contributed by atoms with E-state index in [0.717, 1.165) is 78.2 Å². The number of carbonyl (C=O) groups excluding carboxylic acids is 2. The Morgan fingerprint density at radius 3 is 1.30 bits per heavy atom. The van der Waals surface area contributed by atoms with Crippen LogP contribution >= 0.6 is 0 Å². The summed E-state index contributed by atoms with van der Waals surface area (Å²) < 4.78 is 24.9. The Kier molecular flexibility index (Phi) is 20.0. The minimum absolute atomic E-state index is 0.0522. The molecular weight excluding hydrogens is 981 g/mol. The van der Waals surface area contributed by atoms with Crippen LogP contribution in [0.4, 0.5) is 0 Å². The molecule has 0 saturated carbocycles. The molecule has 0 radical (unpaired) electrons. The first-order chi connectivity index (χ1) is 38.5. The third-order valence-electron chi connectivity index (χ3n) is 13.9. The van der Waals surface area contributed by atoms with Gasteiger partial charge in [-0.05, 0) is 82.6 Å².